The normalized spacial score (nSPS) is 24.0. The first-order valence-electron chi connectivity index (χ1n) is 3.58. The van der Waals surface area contributed by atoms with E-state index in [2.05, 4.69) is 0 Å². The largest absolute Gasteiger partial charge is 0.481 e. The van der Waals surface area contributed by atoms with Gasteiger partial charge in [-0.15, -0.1) is 0 Å². The quantitative estimate of drug-likeness (QED) is 0.696. The van der Waals surface area contributed by atoms with Gasteiger partial charge in [0.1, 0.15) is 0 Å². The van der Waals surface area contributed by atoms with Gasteiger partial charge in [0.15, 0.2) is 5.12 Å². The van der Waals surface area contributed by atoms with Crippen LogP contribution in [0, 0.1) is 5.92 Å². The fourth-order valence-electron chi connectivity index (χ4n) is 1.10. The topological polar surface area (TPSA) is 54.4 Å². The van der Waals surface area contributed by atoms with Gasteiger partial charge in [-0.2, -0.15) is 0 Å². The molecular formula is C7H10O3S. The number of carboxylic acids is 1. The summed E-state index contributed by atoms with van der Waals surface area (Å²) in [4.78, 5) is 21.1. The summed E-state index contributed by atoms with van der Waals surface area (Å²) in [6, 6.07) is 0. The molecule has 1 aliphatic rings. The van der Waals surface area contributed by atoms with Gasteiger partial charge >= 0.3 is 5.97 Å². The summed E-state index contributed by atoms with van der Waals surface area (Å²) in [5.74, 6) is 0.0640. The molecule has 1 saturated heterocycles. The van der Waals surface area contributed by atoms with Crippen LogP contribution in [-0.4, -0.2) is 21.9 Å². The maximum absolute atomic E-state index is 11.0. The Morgan fingerprint density at radius 3 is 2.91 bits per heavy atom. The molecule has 1 fully saturated rings. The summed E-state index contributed by atoms with van der Waals surface area (Å²) >= 11 is 1.33. The van der Waals surface area contributed by atoms with E-state index in [1.54, 1.807) is 0 Å². The van der Waals surface area contributed by atoms with Crippen LogP contribution in [0.5, 0.6) is 0 Å². The Hall–Kier alpha value is -0.510. The highest BCUT2D eigenvalue weighted by molar-refractivity contribution is 8.14. The fourth-order valence-corrected chi connectivity index (χ4v) is 2.17. The van der Waals surface area contributed by atoms with Crippen LogP contribution in [0.1, 0.15) is 19.3 Å². The maximum Gasteiger partial charge on any atom is 0.303 e. The Balaban J connectivity index is 2.26. The molecule has 1 N–H and O–H groups in total. The first kappa shape index (κ1) is 8.59. The number of carboxylic acid groups (broad SMARTS) is 1. The monoisotopic (exact) mass is 174 g/mol. The molecular weight excluding hydrogens is 164 g/mol. The van der Waals surface area contributed by atoms with Crippen molar-refractivity contribution >= 4 is 22.8 Å². The number of hydrogen-bond acceptors (Lipinski definition) is 3. The third-order valence-electron chi connectivity index (χ3n) is 1.75. The number of thioether (sulfide) groups is 1. The van der Waals surface area contributed by atoms with Gasteiger partial charge in [-0.3, -0.25) is 9.59 Å². The number of aliphatic carboxylic acids is 1. The summed E-state index contributed by atoms with van der Waals surface area (Å²) < 4.78 is 0. The molecule has 0 spiro atoms. The molecule has 1 rings (SSSR count). The van der Waals surface area contributed by atoms with E-state index in [1.807, 2.05) is 0 Å². The molecule has 0 aromatic carbocycles. The summed E-state index contributed by atoms with van der Waals surface area (Å²) in [6.07, 6.45) is 1.49. The van der Waals surface area contributed by atoms with E-state index >= 15 is 0 Å². The minimum atomic E-state index is -0.810. The lowest BCUT2D eigenvalue weighted by atomic mass is 10.0. The van der Waals surface area contributed by atoms with Gasteiger partial charge in [0.05, 0.1) is 0 Å². The first-order valence-corrected chi connectivity index (χ1v) is 4.57. The molecule has 1 heterocycles. The van der Waals surface area contributed by atoms with Gasteiger partial charge < -0.3 is 5.11 Å². The second kappa shape index (κ2) is 3.76. The van der Waals surface area contributed by atoms with E-state index in [4.69, 9.17) is 5.11 Å². The van der Waals surface area contributed by atoms with Gasteiger partial charge in [0.2, 0.25) is 0 Å². The minimum Gasteiger partial charge on any atom is -0.481 e. The second-order valence-electron chi connectivity index (χ2n) is 2.59. The maximum atomic E-state index is 11.0. The van der Waals surface area contributed by atoms with Crippen LogP contribution in [0.2, 0.25) is 0 Å². The zero-order chi connectivity index (χ0) is 8.27. The number of rotatable bonds is 3. The van der Waals surface area contributed by atoms with Crippen molar-refractivity contribution in [3.63, 3.8) is 0 Å². The molecule has 1 unspecified atom stereocenters. The van der Waals surface area contributed by atoms with Crippen LogP contribution < -0.4 is 0 Å². The lowest BCUT2D eigenvalue weighted by Crippen LogP contribution is -2.07. The van der Waals surface area contributed by atoms with Crippen molar-refractivity contribution in [1.82, 2.24) is 0 Å². The third-order valence-corrected chi connectivity index (χ3v) is 2.81. The Kier molecular flexibility index (Phi) is 2.93. The van der Waals surface area contributed by atoms with Crippen molar-refractivity contribution in [3.8, 4) is 0 Å². The zero-order valence-corrected chi connectivity index (χ0v) is 6.89. The Morgan fingerprint density at radius 1 is 1.73 bits per heavy atom. The SMILES string of the molecule is O=C(O)CCC1CCSC1=O. The molecule has 0 aliphatic carbocycles. The first-order chi connectivity index (χ1) is 5.20. The van der Waals surface area contributed by atoms with Gasteiger partial charge in [-0.05, 0) is 12.8 Å². The zero-order valence-electron chi connectivity index (χ0n) is 6.08. The van der Waals surface area contributed by atoms with E-state index in [1.165, 1.54) is 11.8 Å². The Morgan fingerprint density at radius 2 is 2.45 bits per heavy atom. The number of carbonyl (C=O) groups is 2. The van der Waals surface area contributed by atoms with Crippen molar-refractivity contribution in [2.75, 3.05) is 5.75 Å². The molecule has 1 atom stereocenters. The predicted molar refractivity (Wildman–Crippen MR) is 42.4 cm³/mol. The predicted octanol–water partition coefficient (Wildman–Crippen LogP) is 1.13. The second-order valence-corrected chi connectivity index (χ2v) is 3.68. The minimum absolute atomic E-state index is 0.0103. The van der Waals surface area contributed by atoms with Gasteiger partial charge in [-0.25, -0.2) is 0 Å². The van der Waals surface area contributed by atoms with Crippen LogP contribution in [0.15, 0.2) is 0 Å². The van der Waals surface area contributed by atoms with Crippen molar-refractivity contribution in [1.29, 1.82) is 0 Å². The van der Waals surface area contributed by atoms with Gasteiger partial charge in [-0.1, -0.05) is 11.8 Å². The molecule has 0 amide bonds. The Bertz CT molecular complexity index is 179. The highest BCUT2D eigenvalue weighted by Crippen LogP contribution is 2.28. The van der Waals surface area contributed by atoms with Crippen molar-refractivity contribution in [2.45, 2.75) is 19.3 Å². The Labute approximate surface area is 69.2 Å². The summed E-state index contributed by atoms with van der Waals surface area (Å²) in [5.41, 5.74) is 0. The molecule has 4 heteroatoms. The van der Waals surface area contributed by atoms with Crippen LogP contribution in [0.3, 0.4) is 0 Å². The summed E-state index contributed by atoms with van der Waals surface area (Å²) in [7, 11) is 0. The third kappa shape index (κ3) is 2.54. The molecule has 1 aliphatic heterocycles. The van der Waals surface area contributed by atoms with E-state index in [9.17, 15) is 9.59 Å². The smallest absolute Gasteiger partial charge is 0.303 e. The lowest BCUT2D eigenvalue weighted by molar-refractivity contribution is -0.137. The molecule has 0 aromatic rings. The number of carbonyl (C=O) groups excluding carboxylic acids is 1. The molecule has 0 saturated carbocycles. The van der Waals surface area contributed by atoms with Crippen LogP contribution >= 0.6 is 11.8 Å². The van der Waals surface area contributed by atoms with Gasteiger partial charge in [0, 0.05) is 18.1 Å². The van der Waals surface area contributed by atoms with Crippen molar-refractivity contribution in [3.05, 3.63) is 0 Å². The highest BCUT2D eigenvalue weighted by atomic mass is 32.2. The average molecular weight is 174 g/mol. The fraction of sp³-hybridized carbons (Fsp3) is 0.714. The molecule has 62 valence electrons. The van der Waals surface area contributed by atoms with E-state index in [-0.39, 0.29) is 17.5 Å². The van der Waals surface area contributed by atoms with Crippen molar-refractivity contribution < 1.29 is 14.7 Å². The van der Waals surface area contributed by atoms with Gasteiger partial charge in [0.25, 0.3) is 0 Å². The molecule has 11 heavy (non-hydrogen) atoms. The summed E-state index contributed by atoms with van der Waals surface area (Å²) in [5, 5.41) is 8.51. The summed E-state index contributed by atoms with van der Waals surface area (Å²) in [6.45, 7) is 0. The van der Waals surface area contributed by atoms with Crippen LogP contribution in [0.4, 0.5) is 0 Å². The number of hydrogen-bond donors (Lipinski definition) is 1. The molecule has 3 nitrogen and oxygen atoms in total. The van der Waals surface area contributed by atoms with Crippen LogP contribution in [0.25, 0.3) is 0 Å². The van der Waals surface area contributed by atoms with Crippen LogP contribution in [-0.2, 0) is 9.59 Å². The molecule has 0 radical (unpaired) electrons. The lowest BCUT2D eigenvalue weighted by Gasteiger charge is -2.02. The molecule has 0 bridgehead atoms. The van der Waals surface area contributed by atoms with E-state index in [0.717, 1.165) is 12.2 Å². The van der Waals surface area contributed by atoms with E-state index in [0.29, 0.717) is 6.42 Å². The van der Waals surface area contributed by atoms with E-state index < -0.39 is 5.97 Å². The van der Waals surface area contributed by atoms with Crippen molar-refractivity contribution in [2.24, 2.45) is 5.92 Å². The highest BCUT2D eigenvalue weighted by Gasteiger charge is 2.25. The standard InChI is InChI=1S/C7H10O3S/c8-6(9)2-1-5-3-4-11-7(5)10/h5H,1-4H2,(H,8,9). The molecule has 0 aromatic heterocycles. The average Bonchev–Trinajstić information content (AvgIpc) is 2.31.